The van der Waals surface area contributed by atoms with E-state index >= 15 is 0 Å². The smallest absolute Gasteiger partial charge is 0.163 e. The monoisotopic (exact) mass is 228 g/mol. The summed E-state index contributed by atoms with van der Waals surface area (Å²) in [5.74, 6) is 0.794. The quantitative estimate of drug-likeness (QED) is 0.680. The highest BCUT2D eigenvalue weighted by molar-refractivity contribution is 5.80. The second kappa shape index (κ2) is 3.67. The van der Waals surface area contributed by atoms with Gasteiger partial charge in [0.1, 0.15) is 5.69 Å². The first-order valence-corrected chi connectivity index (χ1v) is 5.31. The van der Waals surface area contributed by atoms with Crippen LogP contribution in [0.5, 0.6) is 0 Å². The van der Waals surface area contributed by atoms with E-state index in [-0.39, 0.29) is 0 Å². The second-order valence-electron chi connectivity index (χ2n) is 3.88. The molecule has 0 aliphatic carbocycles. The van der Waals surface area contributed by atoms with Crippen LogP contribution in [0.15, 0.2) is 24.4 Å². The number of aromatic nitrogens is 5. The molecule has 3 aromatic rings. The van der Waals surface area contributed by atoms with Gasteiger partial charge in [0.15, 0.2) is 5.82 Å². The van der Waals surface area contributed by atoms with Gasteiger partial charge >= 0.3 is 0 Å². The molecule has 0 atom stereocenters. The number of aryl methyl sites for hydroxylation is 1. The molecule has 6 heteroatoms. The summed E-state index contributed by atoms with van der Waals surface area (Å²) < 4.78 is 1.99. The lowest BCUT2D eigenvalue weighted by molar-refractivity contribution is 0.919. The zero-order chi connectivity index (χ0) is 11.8. The van der Waals surface area contributed by atoms with Crippen molar-refractivity contribution < 1.29 is 0 Å². The minimum atomic E-state index is 0.528. The van der Waals surface area contributed by atoms with Crippen molar-refractivity contribution in [2.75, 3.05) is 0 Å². The zero-order valence-corrected chi connectivity index (χ0v) is 9.38. The lowest BCUT2D eigenvalue weighted by Gasteiger charge is -1.99. The van der Waals surface area contributed by atoms with Crippen LogP contribution in [0.1, 0.15) is 5.56 Å². The van der Waals surface area contributed by atoms with E-state index in [1.807, 2.05) is 29.8 Å². The molecule has 2 heterocycles. The molecule has 6 nitrogen and oxygen atoms in total. The fourth-order valence-corrected chi connectivity index (χ4v) is 1.90. The van der Waals surface area contributed by atoms with Gasteiger partial charge in [-0.3, -0.25) is 0 Å². The maximum atomic E-state index is 5.64. The number of rotatable bonds is 2. The van der Waals surface area contributed by atoms with Crippen molar-refractivity contribution in [2.24, 2.45) is 12.8 Å². The molecule has 0 amide bonds. The van der Waals surface area contributed by atoms with Gasteiger partial charge in [0.2, 0.25) is 0 Å². The molecule has 0 saturated carbocycles. The Morgan fingerprint density at radius 1 is 1.41 bits per heavy atom. The highest BCUT2D eigenvalue weighted by Crippen LogP contribution is 2.22. The topological polar surface area (TPSA) is 85.4 Å². The van der Waals surface area contributed by atoms with Crippen molar-refractivity contribution in [3.05, 3.63) is 30.0 Å². The molecule has 0 bridgehead atoms. The Labute approximate surface area is 97.5 Å². The van der Waals surface area contributed by atoms with Crippen LogP contribution in [0, 0.1) is 0 Å². The van der Waals surface area contributed by atoms with Crippen LogP contribution in [-0.2, 0) is 13.6 Å². The standard InChI is InChI=1S/C11H12N6/c1-17-10-4-7(5-12)2-3-8(10)14-11(17)9-6-13-16-15-9/h2-4,6H,5,12H2,1H3,(H,13,15,16). The normalized spacial score (nSPS) is 11.2. The molecule has 1 aromatic carbocycles. The Balaban J connectivity index is 2.25. The van der Waals surface area contributed by atoms with Crippen LogP contribution < -0.4 is 5.73 Å². The van der Waals surface area contributed by atoms with Crippen molar-refractivity contribution in [1.82, 2.24) is 25.0 Å². The first-order chi connectivity index (χ1) is 8.29. The third-order valence-electron chi connectivity index (χ3n) is 2.83. The van der Waals surface area contributed by atoms with Gasteiger partial charge < -0.3 is 10.3 Å². The van der Waals surface area contributed by atoms with E-state index in [0.29, 0.717) is 6.54 Å². The average Bonchev–Trinajstić information content (AvgIpc) is 2.97. The summed E-state index contributed by atoms with van der Waals surface area (Å²) in [6, 6.07) is 6.01. The molecule has 0 spiro atoms. The van der Waals surface area contributed by atoms with E-state index in [1.54, 1.807) is 6.20 Å². The SMILES string of the molecule is Cn1c(-c2cn[nH]n2)nc2ccc(CN)cc21. The molecule has 0 unspecified atom stereocenters. The number of nitrogens with two attached hydrogens (primary N) is 1. The van der Waals surface area contributed by atoms with Gasteiger partial charge in [0, 0.05) is 13.6 Å². The largest absolute Gasteiger partial charge is 0.326 e. The van der Waals surface area contributed by atoms with E-state index < -0.39 is 0 Å². The number of nitrogens with one attached hydrogen (secondary N) is 1. The van der Waals surface area contributed by atoms with Crippen LogP contribution in [0.25, 0.3) is 22.6 Å². The van der Waals surface area contributed by atoms with Crippen LogP contribution in [-0.4, -0.2) is 25.0 Å². The van der Waals surface area contributed by atoms with Gasteiger partial charge in [-0.15, -0.1) is 0 Å². The Bertz CT molecular complexity index is 652. The van der Waals surface area contributed by atoms with Crippen molar-refractivity contribution >= 4 is 11.0 Å². The second-order valence-corrected chi connectivity index (χ2v) is 3.88. The van der Waals surface area contributed by atoms with Gasteiger partial charge in [0.25, 0.3) is 0 Å². The van der Waals surface area contributed by atoms with Crippen molar-refractivity contribution in [3.63, 3.8) is 0 Å². The van der Waals surface area contributed by atoms with Crippen molar-refractivity contribution in [1.29, 1.82) is 0 Å². The fourth-order valence-electron chi connectivity index (χ4n) is 1.90. The van der Waals surface area contributed by atoms with E-state index in [0.717, 1.165) is 28.1 Å². The first kappa shape index (κ1) is 9.98. The highest BCUT2D eigenvalue weighted by Gasteiger charge is 2.11. The van der Waals surface area contributed by atoms with Gasteiger partial charge in [-0.05, 0) is 17.7 Å². The number of H-pyrrole nitrogens is 1. The summed E-state index contributed by atoms with van der Waals surface area (Å²) >= 11 is 0. The Morgan fingerprint density at radius 2 is 2.29 bits per heavy atom. The van der Waals surface area contributed by atoms with E-state index in [4.69, 9.17) is 5.73 Å². The summed E-state index contributed by atoms with van der Waals surface area (Å²) in [7, 11) is 1.96. The lowest BCUT2D eigenvalue weighted by atomic mass is 10.2. The third kappa shape index (κ3) is 1.50. The predicted molar refractivity (Wildman–Crippen MR) is 64.0 cm³/mol. The molecule has 3 N–H and O–H groups in total. The van der Waals surface area contributed by atoms with Crippen molar-refractivity contribution in [3.8, 4) is 11.5 Å². The minimum Gasteiger partial charge on any atom is -0.326 e. The molecule has 0 fully saturated rings. The summed E-state index contributed by atoms with van der Waals surface area (Å²) in [6.07, 6.45) is 1.66. The number of hydrogen-bond acceptors (Lipinski definition) is 4. The van der Waals surface area contributed by atoms with Crippen LogP contribution >= 0.6 is 0 Å². The van der Waals surface area contributed by atoms with Gasteiger partial charge in [-0.2, -0.15) is 15.4 Å². The zero-order valence-electron chi connectivity index (χ0n) is 9.38. The lowest BCUT2D eigenvalue weighted by Crippen LogP contribution is -1.97. The number of benzene rings is 1. The fraction of sp³-hybridized carbons (Fsp3) is 0.182. The van der Waals surface area contributed by atoms with Gasteiger partial charge in [-0.25, -0.2) is 4.98 Å². The Morgan fingerprint density at radius 3 is 3.00 bits per heavy atom. The summed E-state index contributed by atoms with van der Waals surface area (Å²) in [4.78, 5) is 4.53. The average molecular weight is 228 g/mol. The molecule has 0 aliphatic heterocycles. The maximum absolute atomic E-state index is 5.64. The number of hydrogen-bond donors (Lipinski definition) is 2. The van der Waals surface area contributed by atoms with E-state index in [1.165, 1.54) is 0 Å². The molecule has 0 aliphatic rings. The Kier molecular flexibility index (Phi) is 2.15. The predicted octanol–water partition coefficient (Wildman–Crippen LogP) is 0.817. The molecule has 17 heavy (non-hydrogen) atoms. The summed E-state index contributed by atoms with van der Waals surface area (Å²) in [5.41, 5.74) is 9.44. The molecule has 2 aromatic heterocycles. The molecule has 0 radical (unpaired) electrons. The van der Waals surface area contributed by atoms with Crippen LogP contribution in [0.3, 0.4) is 0 Å². The maximum Gasteiger partial charge on any atom is 0.163 e. The number of imidazole rings is 1. The van der Waals surface area contributed by atoms with Gasteiger partial charge in [-0.1, -0.05) is 6.07 Å². The van der Waals surface area contributed by atoms with Crippen LogP contribution in [0.2, 0.25) is 0 Å². The minimum absolute atomic E-state index is 0.528. The molecular weight excluding hydrogens is 216 g/mol. The number of aromatic amines is 1. The van der Waals surface area contributed by atoms with Crippen molar-refractivity contribution in [2.45, 2.75) is 6.54 Å². The number of fused-ring (bicyclic) bond motifs is 1. The summed E-state index contributed by atoms with van der Waals surface area (Å²) in [5, 5.41) is 10.4. The summed E-state index contributed by atoms with van der Waals surface area (Å²) in [6.45, 7) is 0.528. The molecule has 86 valence electrons. The van der Waals surface area contributed by atoms with E-state index in [2.05, 4.69) is 20.4 Å². The van der Waals surface area contributed by atoms with Gasteiger partial charge in [0.05, 0.1) is 17.2 Å². The first-order valence-electron chi connectivity index (χ1n) is 5.31. The van der Waals surface area contributed by atoms with E-state index in [9.17, 15) is 0 Å². The van der Waals surface area contributed by atoms with Crippen LogP contribution in [0.4, 0.5) is 0 Å². The Hall–Kier alpha value is -2.21. The highest BCUT2D eigenvalue weighted by atomic mass is 15.3. The molecule has 0 saturated heterocycles. The third-order valence-corrected chi connectivity index (χ3v) is 2.83. The number of nitrogens with zero attached hydrogens (tertiary/aromatic N) is 4. The molecule has 3 rings (SSSR count). The molecular formula is C11H12N6.